The Bertz CT molecular complexity index is 1430. The smallest absolute Gasteiger partial charge is 0.271 e. The fraction of sp³-hybridized carbons (Fsp3) is 0.0870. The lowest BCUT2D eigenvalue weighted by atomic mass is 10.2. The zero-order chi connectivity index (χ0) is 24.8. The summed E-state index contributed by atoms with van der Waals surface area (Å²) in [5.74, 6) is 0.909. The molecule has 0 unspecified atom stereocenters. The number of azo groups is 1. The summed E-state index contributed by atoms with van der Waals surface area (Å²) < 4.78 is 11.3. The Kier molecular flexibility index (Phi) is 7.02. The lowest BCUT2D eigenvalue weighted by Gasteiger charge is -2.04. The maximum Gasteiger partial charge on any atom is 0.271 e. The molecule has 4 rings (SSSR count). The van der Waals surface area contributed by atoms with Gasteiger partial charge >= 0.3 is 0 Å². The molecule has 1 amide bonds. The zero-order valence-electron chi connectivity index (χ0n) is 18.5. The Labute approximate surface area is 202 Å². The van der Waals surface area contributed by atoms with Gasteiger partial charge in [0.05, 0.1) is 29.4 Å². The maximum absolute atomic E-state index is 12.5. The predicted octanol–water partition coefficient (Wildman–Crippen LogP) is 5.10. The number of amides is 1. The number of carbonyl (C=O) groups is 1. The minimum atomic E-state index is -0.562. The van der Waals surface area contributed by atoms with Gasteiger partial charge in [-0.15, -0.1) is 15.3 Å². The number of nitrogens with one attached hydrogen (secondary N) is 1. The largest absolute Gasteiger partial charge is 0.497 e. The quantitative estimate of drug-likeness (QED) is 0.126. The third-order valence-corrected chi connectivity index (χ3v) is 5.67. The van der Waals surface area contributed by atoms with Crippen LogP contribution in [0.3, 0.4) is 0 Å². The average molecular weight is 491 g/mol. The Balaban J connectivity index is 1.61. The topological polar surface area (TPSA) is 141 Å². The van der Waals surface area contributed by atoms with E-state index in [1.807, 2.05) is 12.1 Å². The number of amidine groups is 1. The molecule has 0 fully saturated rings. The first-order valence-electron chi connectivity index (χ1n) is 10.1. The van der Waals surface area contributed by atoms with Gasteiger partial charge in [-0.25, -0.2) is 10.4 Å². The van der Waals surface area contributed by atoms with Crippen molar-refractivity contribution in [1.29, 1.82) is 0 Å². The fourth-order valence-electron chi connectivity index (χ4n) is 2.94. The van der Waals surface area contributed by atoms with Crippen LogP contribution in [-0.2, 0) is 0 Å². The van der Waals surface area contributed by atoms with E-state index in [0.717, 1.165) is 10.2 Å². The minimum Gasteiger partial charge on any atom is -0.497 e. The third-order valence-electron chi connectivity index (χ3n) is 4.77. The van der Waals surface area contributed by atoms with Crippen LogP contribution >= 0.6 is 11.3 Å². The number of ether oxygens (including phenoxy) is 2. The summed E-state index contributed by atoms with van der Waals surface area (Å²) in [7, 11) is 3.14. The van der Waals surface area contributed by atoms with Crippen molar-refractivity contribution in [2.45, 2.75) is 0 Å². The molecule has 12 heteroatoms. The molecule has 1 N–H and O–H groups in total. The van der Waals surface area contributed by atoms with Crippen LogP contribution in [0.1, 0.15) is 15.9 Å². The van der Waals surface area contributed by atoms with Crippen LogP contribution < -0.4 is 14.9 Å². The molecule has 35 heavy (non-hydrogen) atoms. The number of nitrogens with zero attached hydrogens (tertiary/aromatic N) is 5. The second-order valence-electron chi connectivity index (χ2n) is 6.94. The van der Waals surface area contributed by atoms with E-state index in [1.165, 1.54) is 35.6 Å². The second-order valence-corrected chi connectivity index (χ2v) is 7.95. The summed E-state index contributed by atoms with van der Waals surface area (Å²) in [5, 5.41) is 23.7. The molecule has 0 aliphatic rings. The lowest BCUT2D eigenvalue weighted by Crippen LogP contribution is -2.19. The number of hydrogen-bond donors (Lipinski definition) is 1. The molecule has 0 spiro atoms. The molecule has 1 heterocycles. The first-order valence-corrected chi connectivity index (χ1v) is 10.9. The van der Waals surface area contributed by atoms with E-state index in [2.05, 4.69) is 25.7 Å². The summed E-state index contributed by atoms with van der Waals surface area (Å²) >= 11 is 1.33. The number of fused-ring (bicyclic) bond motifs is 1. The number of aromatic nitrogens is 1. The van der Waals surface area contributed by atoms with Gasteiger partial charge in [0.25, 0.3) is 11.6 Å². The van der Waals surface area contributed by atoms with E-state index in [0.29, 0.717) is 22.2 Å². The van der Waals surface area contributed by atoms with Crippen LogP contribution in [0.2, 0.25) is 0 Å². The molecule has 0 saturated heterocycles. The van der Waals surface area contributed by atoms with Crippen molar-refractivity contribution < 1.29 is 19.2 Å². The monoisotopic (exact) mass is 490 g/mol. The molecule has 0 bridgehead atoms. The highest BCUT2D eigenvalue weighted by molar-refractivity contribution is 7.21. The molecule has 4 aromatic rings. The van der Waals surface area contributed by atoms with Crippen LogP contribution in [-0.4, -0.2) is 35.9 Å². The van der Waals surface area contributed by atoms with E-state index < -0.39 is 10.8 Å². The Morgan fingerprint density at radius 1 is 0.971 bits per heavy atom. The van der Waals surface area contributed by atoms with Gasteiger partial charge in [-0.1, -0.05) is 11.3 Å². The molecule has 176 valence electrons. The number of non-ortho nitro benzene ring substituents is 1. The van der Waals surface area contributed by atoms with Crippen LogP contribution in [0, 0.1) is 10.1 Å². The van der Waals surface area contributed by atoms with Crippen LogP contribution in [0.4, 0.5) is 10.8 Å². The van der Waals surface area contributed by atoms with Crippen LogP contribution in [0.5, 0.6) is 11.5 Å². The van der Waals surface area contributed by atoms with Gasteiger partial charge in [-0.3, -0.25) is 14.9 Å². The number of nitro groups is 1. The lowest BCUT2D eigenvalue weighted by molar-refractivity contribution is -0.384. The van der Waals surface area contributed by atoms with Crippen molar-refractivity contribution >= 4 is 44.1 Å². The highest BCUT2D eigenvalue weighted by Crippen LogP contribution is 2.31. The maximum atomic E-state index is 12.5. The zero-order valence-corrected chi connectivity index (χ0v) is 19.4. The number of carbonyl (C=O) groups excluding carboxylic acids is 1. The predicted molar refractivity (Wildman–Crippen MR) is 131 cm³/mol. The highest BCUT2D eigenvalue weighted by Gasteiger charge is 2.11. The first kappa shape index (κ1) is 23.4. The van der Waals surface area contributed by atoms with E-state index in [4.69, 9.17) is 9.47 Å². The number of nitro benzene ring substituents is 1. The van der Waals surface area contributed by atoms with Crippen molar-refractivity contribution in [3.63, 3.8) is 0 Å². The van der Waals surface area contributed by atoms with Gasteiger partial charge in [0.2, 0.25) is 11.0 Å². The number of methoxy groups -OCH3 is 2. The molecule has 3 aromatic carbocycles. The molecule has 0 aliphatic carbocycles. The molecule has 0 aliphatic heterocycles. The SMILES string of the molecule is COc1ccc(/C(N=Nc2nc3ccc(OC)cc3s2)=N\NC(=O)c2ccc([N+](=O)[O-])cc2)cc1. The van der Waals surface area contributed by atoms with Gasteiger partial charge in [0.15, 0.2) is 0 Å². The molecule has 0 radical (unpaired) electrons. The normalized spacial score (nSPS) is 11.5. The summed E-state index contributed by atoms with van der Waals surface area (Å²) in [4.78, 5) is 27.2. The Hall–Kier alpha value is -4.71. The number of thiazole rings is 1. The first-order chi connectivity index (χ1) is 17.0. The minimum absolute atomic E-state index is 0.119. The number of benzene rings is 3. The fourth-order valence-corrected chi connectivity index (χ4v) is 3.76. The van der Waals surface area contributed by atoms with Gasteiger partial charge < -0.3 is 9.47 Å². The Morgan fingerprint density at radius 3 is 2.29 bits per heavy atom. The molecular formula is C23H18N6O5S. The van der Waals surface area contributed by atoms with E-state index >= 15 is 0 Å². The van der Waals surface area contributed by atoms with Gasteiger partial charge in [0, 0.05) is 23.3 Å². The van der Waals surface area contributed by atoms with E-state index in [9.17, 15) is 14.9 Å². The van der Waals surface area contributed by atoms with Gasteiger partial charge in [-0.05, 0) is 54.6 Å². The molecule has 0 saturated carbocycles. The summed E-state index contributed by atoms with van der Waals surface area (Å²) in [6.07, 6.45) is 0. The third kappa shape index (κ3) is 5.62. The number of hydrogen-bond acceptors (Lipinski definition) is 9. The molecule has 1 aromatic heterocycles. The second kappa shape index (κ2) is 10.5. The average Bonchev–Trinajstić information content (AvgIpc) is 3.30. The van der Waals surface area contributed by atoms with Gasteiger partial charge in [0.1, 0.15) is 11.5 Å². The van der Waals surface area contributed by atoms with Crippen molar-refractivity contribution in [1.82, 2.24) is 10.4 Å². The standard InChI is InChI=1S/C23H18N6O5S/c1-33-17-9-5-14(6-10-17)21(25-27-22(30)15-3-7-16(8-4-15)29(31)32)26-28-23-24-19-12-11-18(34-2)13-20(19)35-23/h3-13H,1-2H3,(H,27,30)/b25-21+,28-26?. The van der Waals surface area contributed by atoms with Gasteiger partial charge in [-0.2, -0.15) is 0 Å². The van der Waals surface area contributed by atoms with Crippen molar-refractivity contribution in [2.75, 3.05) is 14.2 Å². The van der Waals surface area contributed by atoms with Crippen molar-refractivity contribution in [2.24, 2.45) is 15.3 Å². The molecule has 11 nitrogen and oxygen atoms in total. The van der Waals surface area contributed by atoms with Crippen LogP contribution in [0.25, 0.3) is 10.2 Å². The number of rotatable bonds is 7. The van der Waals surface area contributed by atoms with E-state index in [-0.39, 0.29) is 17.1 Å². The number of hydrazone groups is 1. The molecular weight excluding hydrogens is 472 g/mol. The Morgan fingerprint density at radius 2 is 1.63 bits per heavy atom. The van der Waals surface area contributed by atoms with Crippen molar-refractivity contribution in [3.8, 4) is 11.5 Å². The van der Waals surface area contributed by atoms with Crippen LogP contribution in [0.15, 0.2) is 82.1 Å². The summed E-state index contributed by atoms with van der Waals surface area (Å²) in [5.41, 5.74) is 3.81. The summed E-state index contributed by atoms with van der Waals surface area (Å²) in [6.45, 7) is 0. The molecule has 0 atom stereocenters. The van der Waals surface area contributed by atoms with E-state index in [1.54, 1.807) is 44.6 Å². The highest BCUT2D eigenvalue weighted by atomic mass is 32.1. The summed E-state index contributed by atoms with van der Waals surface area (Å²) in [6, 6.07) is 17.5. The van der Waals surface area contributed by atoms with Crippen molar-refractivity contribution in [3.05, 3.63) is 88.0 Å².